The highest BCUT2D eigenvalue weighted by Crippen LogP contribution is 2.39. The summed E-state index contributed by atoms with van der Waals surface area (Å²) in [6.45, 7) is 5.67. The number of hydrogen-bond donors (Lipinski definition) is 1. The number of rotatable bonds is 6. The smallest absolute Gasteiger partial charge is 0.0796 e. The lowest BCUT2D eigenvalue weighted by atomic mass is 9.73. The number of nitrogens with one attached hydrogen (secondary N) is 1. The van der Waals surface area contributed by atoms with Crippen molar-refractivity contribution in [2.75, 3.05) is 6.54 Å². The lowest BCUT2D eigenvalue weighted by molar-refractivity contribution is 0.173. The van der Waals surface area contributed by atoms with E-state index in [0.717, 1.165) is 18.4 Å². The van der Waals surface area contributed by atoms with Gasteiger partial charge in [-0.2, -0.15) is 5.10 Å². The minimum atomic E-state index is 0.450. The van der Waals surface area contributed by atoms with Crippen molar-refractivity contribution in [3.05, 3.63) is 18.0 Å². The molecule has 0 spiro atoms. The molecule has 3 nitrogen and oxygen atoms in total. The van der Waals surface area contributed by atoms with Crippen LogP contribution in [0.5, 0.6) is 0 Å². The van der Waals surface area contributed by atoms with E-state index in [2.05, 4.69) is 36.5 Å². The van der Waals surface area contributed by atoms with Crippen LogP contribution in [0.25, 0.3) is 0 Å². The van der Waals surface area contributed by atoms with Gasteiger partial charge in [0, 0.05) is 13.2 Å². The molecule has 1 N–H and O–H groups in total. The summed E-state index contributed by atoms with van der Waals surface area (Å²) in [4.78, 5) is 0. The summed E-state index contributed by atoms with van der Waals surface area (Å²) in [5.74, 6) is 1.63. The summed E-state index contributed by atoms with van der Waals surface area (Å²) >= 11 is 0. The number of aromatic nitrogens is 2. The minimum absolute atomic E-state index is 0.450. The summed E-state index contributed by atoms with van der Waals surface area (Å²) in [6.07, 6.45) is 10.1. The first-order valence-electron chi connectivity index (χ1n) is 7.99. The molecule has 1 saturated carbocycles. The van der Waals surface area contributed by atoms with Gasteiger partial charge in [0.15, 0.2) is 0 Å². The van der Waals surface area contributed by atoms with Gasteiger partial charge in [-0.05, 0) is 37.3 Å². The Kier molecular flexibility index (Phi) is 5.44. The standard InChI is InChI=1S/C16H29N3/c1-4-11-17-16(15-10-12-19(3)18-15)14-9-7-6-8-13(14)5-2/h10,12-14,16-17H,4-9,11H2,1-3H3. The predicted molar refractivity (Wildman–Crippen MR) is 80.0 cm³/mol. The van der Waals surface area contributed by atoms with E-state index in [1.807, 2.05) is 11.7 Å². The summed E-state index contributed by atoms with van der Waals surface area (Å²) in [7, 11) is 2.01. The van der Waals surface area contributed by atoms with E-state index in [0.29, 0.717) is 6.04 Å². The second-order valence-corrected chi connectivity index (χ2v) is 5.96. The molecule has 0 radical (unpaired) electrons. The highest BCUT2D eigenvalue weighted by atomic mass is 15.3. The molecule has 1 aromatic rings. The summed E-state index contributed by atoms with van der Waals surface area (Å²) in [5.41, 5.74) is 1.24. The fourth-order valence-corrected chi connectivity index (χ4v) is 3.56. The Morgan fingerprint density at radius 2 is 2.16 bits per heavy atom. The molecule has 1 fully saturated rings. The first-order chi connectivity index (χ1) is 9.26. The maximum absolute atomic E-state index is 4.66. The van der Waals surface area contributed by atoms with Crippen LogP contribution in [0.15, 0.2) is 12.3 Å². The van der Waals surface area contributed by atoms with Crippen LogP contribution in [-0.4, -0.2) is 16.3 Å². The normalized spacial score (nSPS) is 25.4. The summed E-state index contributed by atoms with van der Waals surface area (Å²) in [5, 5.41) is 8.42. The van der Waals surface area contributed by atoms with Gasteiger partial charge in [-0.3, -0.25) is 4.68 Å². The highest BCUT2D eigenvalue weighted by Gasteiger charge is 2.32. The van der Waals surface area contributed by atoms with Gasteiger partial charge >= 0.3 is 0 Å². The molecule has 0 bridgehead atoms. The van der Waals surface area contributed by atoms with E-state index >= 15 is 0 Å². The van der Waals surface area contributed by atoms with E-state index in [-0.39, 0.29) is 0 Å². The quantitative estimate of drug-likeness (QED) is 0.848. The topological polar surface area (TPSA) is 29.9 Å². The number of nitrogens with zero attached hydrogens (tertiary/aromatic N) is 2. The third kappa shape index (κ3) is 3.59. The Bertz CT molecular complexity index is 372. The molecule has 3 unspecified atom stereocenters. The van der Waals surface area contributed by atoms with Crippen molar-refractivity contribution in [1.29, 1.82) is 0 Å². The van der Waals surface area contributed by atoms with E-state index in [1.165, 1.54) is 44.2 Å². The summed E-state index contributed by atoms with van der Waals surface area (Å²) < 4.78 is 1.93. The molecule has 1 aromatic heterocycles. The first kappa shape index (κ1) is 14.6. The van der Waals surface area contributed by atoms with E-state index in [4.69, 9.17) is 0 Å². The molecule has 19 heavy (non-hydrogen) atoms. The molecule has 3 heteroatoms. The van der Waals surface area contributed by atoms with Crippen molar-refractivity contribution < 1.29 is 0 Å². The van der Waals surface area contributed by atoms with Crippen molar-refractivity contribution in [3.8, 4) is 0 Å². The Balaban J connectivity index is 2.15. The zero-order chi connectivity index (χ0) is 13.7. The number of hydrogen-bond acceptors (Lipinski definition) is 2. The molecule has 3 atom stereocenters. The summed E-state index contributed by atoms with van der Waals surface area (Å²) in [6, 6.07) is 2.64. The van der Waals surface area contributed by atoms with Crippen LogP contribution in [0.1, 0.15) is 64.1 Å². The van der Waals surface area contributed by atoms with Crippen LogP contribution in [0.2, 0.25) is 0 Å². The van der Waals surface area contributed by atoms with Crippen molar-refractivity contribution in [2.45, 2.75) is 58.4 Å². The first-order valence-corrected chi connectivity index (χ1v) is 7.99. The molecular formula is C16H29N3. The Labute approximate surface area is 117 Å². The molecule has 1 aliphatic carbocycles. The predicted octanol–water partition coefficient (Wildman–Crippen LogP) is 3.68. The molecule has 1 aliphatic rings. The fourth-order valence-electron chi connectivity index (χ4n) is 3.56. The van der Waals surface area contributed by atoms with Crippen LogP contribution >= 0.6 is 0 Å². The minimum Gasteiger partial charge on any atom is -0.308 e. The van der Waals surface area contributed by atoms with Gasteiger partial charge in [0.2, 0.25) is 0 Å². The van der Waals surface area contributed by atoms with Crippen LogP contribution < -0.4 is 5.32 Å². The van der Waals surface area contributed by atoms with Gasteiger partial charge < -0.3 is 5.32 Å². The molecule has 0 saturated heterocycles. The lowest BCUT2D eigenvalue weighted by Crippen LogP contribution is -2.35. The third-order valence-electron chi connectivity index (χ3n) is 4.59. The van der Waals surface area contributed by atoms with Gasteiger partial charge in [-0.25, -0.2) is 0 Å². The van der Waals surface area contributed by atoms with Crippen molar-refractivity contribution >= 4 is 0 Å². The molecule has 0 amide bonds. The van der Waals surface area contributed by atoms with Gasteiger partial charge in [-0.15, -0.1) is 0 Å². The highest BCUT2D eigenvalue weighted by molar-refractivity contribution is 5.08. The van der Waals surface area contributed by atoms with Crippen molar-refractivity contribution in [2.24, 2.45) is 18.9 Å². The SMILES string of the molecule is CCCNC(c1ccn(C)n1)C1CCCCC1CC. The van der Waals surface area contributed by atoms with Crippen LogP contribution in [0.3, 0.4) is 0 Å². The number of aryl methyl sites for hydroxylation is 1. The van der Waals surface area contributed by atoms with E-state index < -0.39 is 0 Å². The molecule has 2 rings (SSSR count). The van der Waals surface area contributed by atoms with Crippen LogP contribution in [0, 0.1) is 11.8 Å². The van der Waals surface area contributed by atoms with Gasteiger partial charge in [-0.1, -0.05) is 39.5 Å². The van der Waals surface area contributed by atoms with Gasteiger partial charge in [0.1, 0.15) is 0 Å². The maximum atomic E-state index is 4.66. The Morgan fingerprint density at radius 1 is 1.37 bits per heavy atom. The zero-order valence-corrected chi connectivity index (χ0v) is 12.7. The lowest BCUT2D eigenvalue weighted by Gasteiger charge is -2.36. The molecular weight excluding hydrogens is 234 g/mol. The second kappa shape index (κ2) is 7.09. The third-order valence-corrected chi connectivity index (χ3v) is 4.59. The monoisotopic (exact) mass is 263 g/mol. The Morgan fingerprint density at radius 3 is 2.79 bits per heavy atom. The van der Waals surface area contributed by atoms with Gasteiger partial charge in [0.05, 0.1) is 11.7 Å². The van der Waals surface area contributed by atoms with Crippen molar-refractivity contribution in [3.63, 3.8) is 0 Å². The zero-order valence-electron chi connectivity index (χ0n) is 12.7. The van der Waals surface area contributed by atoms with Crippen molar-refractivity contribution in [1.82, 2.24) is 15.1 Å². The van der Waals surface area contributed by atoms with E-state index in [1.54, 1.807) is 0 Å². The van der Waals surface area contributed by atoms with Crippen LogP contribution in [0.4, 0.5) is 0 Å². The Hall–Kier alpha value is -0.830. The average Bonchev–Trinajstić information content (AvgIpc) is 2.86. The second-order valence-electron chi connectivity index (χ2n) is 5.96. The fraction of sp³-hybridized carbons (Fsp3) is 0.812. The largest absolute Gasteiger partial charge is 0.308 e. The van der Waals surface area contributed by atoms with E-state index in [9.17, 15) is 0 Å². The van der Waals surface area contributed by atoms with Crippen LogP contribution in [-0.2, 0) is 7.05 Å². The average molecular weight is 263 g/mol. The molecule has 108 valence electrons. The molecule has 1 heterocycles. The molecule has 0 aliphatic heterocycles. The van der Waals surface area contributed by atoms with Gasteiger partial charge in [0.25, 0.3) is 0 Å². The molecule has 0 aromatic carbocycles. The maximum Gasteiger partial charge on any atom is 0.0796 e.